The van der Waals surface area contributed by atoms with E-state index in [-0.39, 0.29) is 0 Å². The molecule has 1 saturated heterocycles. The van der Waals surface area contributed by atoms with E-state index in [1.807, 2.05) is 0 Å². The second kappa shape index (κ2) is 4.99. The zero-order valence-electron chi connectivity index (χ0n) is 9.51. The molecule has 2 aromatic rings. The molecule has 0 unspecified atom stereocenters. The Kier molecular flexibility index (Phi) is 3.20. The number of hydrogen-bond donors (Lipinski definition) is 1. The van der Waals surface area contributed by atoms with E-state index in [4.69, 9.17) is 4.74 Å². The molecule has 2 aromatic heterocycles. The minimum atomic E-state index is 0.533. The third-order valence-corrected chi connectivity index (χ3v) is 3.01. The Morgan fingerprint density at radius 2 is 1.94 bits per heavy atom. The molecule has 8 heteroatoms. The highest BCUT2D eigenvalue weighted by atomic mass is 79.9. The highest BCUT2D eigenvalue weighted by Crippen LogP contribution is 2.15. The number of nitrogens with zero attached hydrogens (tertiary/aromatic N) is 5. The smallest absolute Gasteiger partial charge is 0.245 e. The zero-order chi connectivity index (χ0) is 12.4. The van der Waals surface area contributed by atoms with Crippen molar-refractivity contribution in [3.63, 3.8) is 0 Å². The van der Waals surface area contributed by atoms with Gasteiger partial charge in [0.2, 0.25) is 5.95 Å². The summed E-state index contributed by atoms with van der Waals surface area (Å²) >= 11 is 3.29. The molecule has 0 spiro atoms. The number of H-pyrrole nitrogens is 1. The van der Waals surface area contributed by atoms with Crippen molar-refractivity contribution >= 4 is 21.9 Å². The van der Waals surface area contributed by atoms with Gasteiger partial charge in [-0.25, -0.2) is 9.97 Å². The van der Waals surface area contributed by atoms with Gasteiger partial charge in [-0.05, 0) is 15.9 Å². The van der Waals surface area contributed by atoms with Gasteiger partial charge in [-0.1, -0.05) is 0 Å². The summed E-state index contributed by atoms with van der Waals surface area (Å²) in [6.45, 7) is 3.02. The normalized spacial score (nSPS) is 15.9. The zero-order valence-corrected chi connectivity index (χ0v) is 11.1. The summed E-state index contributed by atoms with van der Waals surface area (Å²) in [5.74, 6) is 1.77. The summed E-state index contributed by atoms with van der Waals surface area (Å²) in [5, 5.41) is 7.04. The summed E-state index contributed by atoms with van der Waals surface area (Å²) in [6.07, 6.45) is 3.36. The van der Waals surface area contributed by atoms with Crippen LogP contribution in [0.4, 0.5) is 5.95 Å². The molecule has 3 rings (SSSR count). The molecule has 1 N–H and O–H groups in total. The van der Waals surface area contributed by atoms with Gasteiger partial charge in [0.25, 0.3) is 0 Å². The van der Waals surface area contributed by atoms with Crippen LogP contribution < -0.4 is 4.90 Å². The van der Waals surface area contributed by atoms with Crippen molar-refractivity contribution < 1.29 is 4.74 Å². The van der Waals surface area contributed by atoms with Crippen LogP contribution in [0.2, 0.25) is 0 Å². The molecule has 1 aliphatic rings. The van der Waals surface area contributed by atoms with Crippen LogP contribution in [0.15, 0.2) is 16.9 Å². The number of rotatable bonds is 2. The predicted octanol–water partition coefficient (Wildman–Crippen LogP) is 0.861. The first-order valence-corrected chi connectivity index (χ1v) is 6.35. The van der Waals surface area contributed by atoms with E-state index in [9.17, 15) is 0 Å². The standard InChI is InChI=1S/C10H11BrN6O/c11-7-5-12-8(13-6-7)9-14-10(16-15-9)17-1-3-18-4-2-17/h5-6H,1-4H2,(H,14,15,16). The lowest BCUT2D eigenvalue weighted by Gasteiger charge is -2.25. The molecular weight excluding hydrogens is 300 g/mol. The van der Waals surface area contributed by atoms with Crippen molar-refractivity contribution in [2.24, 2.45) is 0 Å². The Bertz CT molecular complexity index is 521. The molecule has 94 valence electrons. The van der Waals surface area contributed by atoms with Crippen molar-refractivity contribution in [2.45, 2.75) is 0 Å². The minimum Gasteiger partial charge on any atom is -0.378 e. The molecule has 18 heavy (non-hydrogen) atoms. The highest BCUT2D eigenvalue weighted by Gasteiger charge is 2.16. The van der Waals surface area contributed by atoms with Crippen LogP contribution in [0.25, 0.3) is 11.6 Å². The van der Waals surface area contributed by atoms with Crippen molar-refractivity contribution in [3.05, 3.63) is 16.9 Å². The fourth-order valence-corrected chi connectivity index (χ4v) is 1.90. The Morgan fingerprint density at radius 3 is 2.67 bits per heavy atom. The summed E-state index contributed by atoms with van der Waals surface area (Å²) < 4.78 is 6.12. The highest BCUT2D eigenvalue weighted by molar-refractivity contribution is 9.10. The molecule has 7 nitrogen and oxygen atoms in total. The van der Waals surface area contributed by atoms with Gasteiger partial charge in [-0.2, -0.15) is 4.98 Å². The van der Waals surface area contributed by atoms with Gasteiger partial charge in [0.05, 0.1) is 17.7 Å². The van der Waals surface area contributed by atoms with Crippen molar-refractivity contribution in [1.29, 1.82) is 0 Å². The van der Waals surface area contributed by atoms with E-state index in [0.29, 0.717) is 30.8 Å². The van der Waals surface area contributed by atoms with Crippen molar-refractivity contribution in [2.75, 3.05) is 31.2 Å². The van der Waals surface area contributed by atoms with Crippen LogP contribution in [0.1, 0.15) is 0 Å². The van der Waals surface area contributed by atoms with Gasteiger partial charge in [-0.3, -0.25) is 5.10 Å². The van der Waals surface area contributed by atoms with Gasteiger partial charge >= 0.3 is 0 Å². The number of morpholine rings is 1. The molecule has 3 heterocycles. The SMILES string of the molecule is Brc1cnc(-c2nc(N3CCOCC3)n[nH]2)nc1. The summed E-state index contributed by atoms with van der Waals surface area (Å²) in [6, 6.07) is 0. The monoisotopic (exact) mass is 310 g/mol. The Balaban J connectivity index is 1.82. The average molecular weight is 311 g/mol. The number of aromatic nitrogens is 5. The molecule has 0 bridgehead atoms. The number of aromatic amines is 1. The molecule has 0 atom stereocenters. The molecule has 0 amide bonds. The quantitative estimate of drug-likeness (QED) is 0.886. The third kappa shape index (κ3) is 2.34. The van der Waals surface area contributed by atoms with E-state index < -0.39 is 0 Å². The molecule has 1 fully saturated rings. The van der Waals surface area contributed by atoms with Crippen LogP contribution >= 0.6 is 15.9 Å². The number of ether oxygens (including phenoxy) is 1. The average Bonchev–Trinajstić information content (AvgIpc) is 2.90. The second-order valence-electron chi connectivity index (χ2n) is 3.81. The van der Waals surface area contributed by atoms with Gasteiger partial charge < -0.3 is 9.64 Å². The molecule has 0 saturated carbocycles. The van der Waals surface area contributed by atoms with Gasteiger partial charge in [0.1, 0.15) is 0 Å². The first-order valence-electron chi connectivity index (χ1n) is 5.56. The van der Waals surface area contributed by atoms with Crippen molar-refractivity contribution in [1.82, 2.24) is 25.1 Å². The lowest BCUT2D eigenvalue weighted by atomic mass is 10.4. The first-order chi connectivity index (χ1) is 8.83. The van der Waals surface area contributed by atoms with Gasteiger partial charge in [0.15, 0.2) is 11.6 Å². The lowest BCUT2D eigenvalue weighted by molar-refractivity contribution is 0.122. The number of anilines is 1. The molecule has 0 aliphatic carbocycles. The second-order valence-corrected chi connectivity index (χ2v) is 4.72. The third-order valence-electron chi connectivity index (χ3n) is 2.60. The van der Waals surface area contributed by atoms with E-state index in [0.717, 1.165) is 17.6 Å². The molecular formula is C10H11BrN6O. The topological polar surface area (TPSA) is 79.8 Å². The maximum absolute atomic E-state index is 5.29. The number of hydrogen-bond acceptors (Lipinski definition) is 6. The largest absolute Gasteiger partial charge is 0.378 e. The van der Waals surface area contributed by atoms with Crippen LogP contribution in [-0.4, -0.2) is 51.5 Å². The van der Waals surface area contributed by atoms with Crippen LogP contribution in [0.5, 0.6) is 0 Å². The Hall–Kier alpha value is -1.54. The Labute approximate surface area is 112 Å². The fourth-order valence-electron chi connectivity index (χ4n) is 1.69. The van der Waals surface area contributed by atoms with E-state index in [2.05, 4.69) is 46.0 Å². The fraction of sp³-hybridized carbons (Fsp3) is 0.400. The maximum Gasteiger partial charge on any atom is 0.245 e. The van der Waals surface area contributed by atoms with E-state index >= 15 is 0 Å². The first kappa shape index (κ1) is 11.5. The van der Waals surface area contributed by atoms with E-state index in [1.165, 1.54) is 0 Å². The van der Waals surface area contributed by atoms with E-state index in [1.54, 1.807) is 12.4 Å². The number of nitrogens with one attached hydrogen (secondary N) is 1. The van der Waals surface area contributed by atoms with Crippen LogP contribution in [-0.2, 0) is 4.74 Å². The van der Waals surface area contributed by atoms with Crippen molar-refractivity contribution in [3.8, 4) is 11.6 Å². The predicted molar refractivity (Wildman–Crippen MR) is 68.1 cm³/mol. The van der Waals surface area contributed by atoms with Gasteiger partial charge in [0, 0.05) is 25.5 Å². The summed E-state index contributed by atoms with van der Waals surface area (Å²) in [4.78, 5) is 14.8. The Morgan fingerprint density at radius 1 is 1.22 bits per heavy atom. The van der Waals surface area contributed by atoms with Crippen LogP contribution in [0, 0.1) is 0 Å². The maximum atomic E-state index is 5.29. The van der Waals surface area contributed by atoms with Crippen LogP contribution in [0.3, 0.4) is 0 Å². The molecule has 1 aliphatic heterocycles. The molecule has 0 radical (unpaired) electrons. The summed E-state index contributed by atoms with van der Waals surface area (Å²) in [7, 11) is 0. The minimum absolute atomic E-state index is 0.533. The molecule has 0 aromatic carbocycles. The lowest BCUT2D eigenvalue weighted by Crippen LogP contribution is -2.36. The summed E-state index contributed by atoms with van der Waals surface area (Å²) in [5.41, 5.74) is 0. The number of halogens is 1. The van der Waals surface area contributed by atoms with Gasteiger partial charge in [-0.15, -0.1) is 5.10 Å².